The molecule has 6 nitrogen and oxygen atoms in total. The Kier molecular flexibility index (Phi) is 5.49. The third kappa shape index (κ3) is 4.47. The van der Waals surface area contributed by atoms with Crippen LogP contribution in [-0.4, -0.2) is 30.2 Å². The number of ether oxygens (including phenoxy) is 3. The van der Waals surface area contributed by atoms with Gasteiger partial charge in [-0.2, -0.15) is 0 Å². The zero-order valence-electron chi connectivity index (χ0n) is 15.2. The van der Waals surface area contributed by atoms with Gasteiger partial charge in [-0.15, -0.1) is 0 Å². The van der Waals surface area contributed by atoms with E-state index in [0.717, 1.165) is 6.42 Å². The molecule has 1 N–H and O–H groups in total. The van der Waals surface area contributed by atoms with Crippen molar-refractivity contribution in [3.05, 3.63) is 78.5 Å². The molecular weight excluding hydrogens is 356 g/mol. The number of carbonyl (C=O) groups excluding carboxylic acids is 1. The van der Waals surface area contributed by atoms with Crippen molar-refractivity contribution in [2.75, 3.05) is 18.5 Å². The Morgan fingerprint density at radius 3 is 2.61 bits per heavy atom. The van der Waals surface area contributed by atoms with E-state index in [0.29, 0.717) is 41.8 Å². The molecular formula is C22H20N2O4. The molecule has 1 aliphatic heterocycles. The Morgan fingerprint density at radius 1 is 1.04 bits per heavy atom. The van der Waals surface area contributed by atoms with E-state index in [1.54, 1.807) is 18.2 Å². The van der Waals surface area contributed by atoms with Crippen LogP contribution in [-0.2, 0) is 4.74 Å². The molecule has 1 unspecified atom stereocenters. The predicted octanol–water partition coefficient (Wildman–Crippen LogP) is 4.29. The van der Waals surface area contributed by atoms with Gasteiger partial charge in [0.05, 0.1) is 24.5 Å². The van der Waals surface area contributed by atoms with Crippen molar-refractivity contribution in [3.8, 4) is 17.4 Å². The van der Waals surface area contributed by atoms with Crippen LogP contribution in [0.4, 0.5) is 5.69 Å². The fourth-order valence-corrected chi connectivity index (χ4v) is 2.83. The van der Waals surface area contributed by atoms with Gasteiger partial charge in [-0.05, 0) is 30.3 Å². The molecule has 6 heteroatoms. The summed E-state index contributed by atoms with van der Waals surface area (Å²) in [4.78, 5) is 16.8. The van der Waals surface area contributed by atoms with Gasteiger partial charge in [0.1, 0.15) is 11.9 Å². The number of carbonyl (C=O) groups is 1. The third-order valence-electron chi connectivity index (χ3n) is 4.28. The zero-order chi connectivity index (χ0) is 19.2. The average molecular weight is 376 g/mol. The lowest BCUT2D eigenvalue weighted by molar-refractivity contribution is 0.102. The van der Waals surface area contributed by atoms with Gasteiger partial charge in [0, 0.05) is 18.7 Å². The van der Waals surface area contributed by atoms with Crippen LogP contribution in [0.2, 0.25) is 0 Å². The molecule has 1 aromatic heterocycles. The van der Waals surface area contributed by atoms with Crippen LogP contribution in [0.3, 0.4) is 0 Å². The highest BCUT2D eigenvalue weighted by Crippen LogP contribution is 2.29. The summed E-state index contributed by atoms with van der Waals surface area (Å²) in [6, 6.07) is 20.1. The van der Waals surface area contributed by atoms with E-state index in [4.69, 9.17) is 14.2 Å². The summed E-state index contributed by atoms with van der Waals surface area (Å²) in [5.74, 6) is 1.48. The molecule has 0 saturated carbocycles. The number of nitrogens with one attached hydrogen (secondary N) is 1. The number of pyridine rings is 1. The molecule has 3 aromatic rings. The van der Waals surface area contributed by atoms with E-state index in [9.17, 15) is 4.79 Å². The lowest BCUT2D eigenvalue weighted by atomic mass is 10.2. The van der Waals surface area contributed by atoms with E-state index in [-0.39, 0.29) is 12.0 Å². The minimum Gasteiger partial charge on any atom is -0.472 e. The van der Waals surface area contributed by atoms with Crippen LogP contribution in [0.15, 0.2) is 72.9 Å². The maximum absolute atomic E-state index is 12.6. The molecule has 28 heavy (non-hydrogen) atoms. The second kappa shape index (κ2) is 8.54. The summed E-state index contributed by atoms with van der Waals surface area (Å²) in [6.07, 6.45) is 2.37. The minimum absolute atomic E-state index is 0.0224. The predicted molar refractivity (Wildman–Crippen MR) is 105 cm³/mol. The molecule has 1 amide bonds. The van der Waals surface area contributed by atoms with Gasteiger partial charge < -0.3 is 19.5 Å². The number of aromatic nitrogens is 1. The van der Waals surface area contributed by atoms with Crippen LogP contribution in [0.1, 0.15) is 16.8 Å². The Morgan fingerprint density at radius 2 is 1.86 bits per heavy atom. The fraction of sp³-hybridized carbons (Fsp3) is 0.182. The van der Waals surface area contributed by atoms with E-state index in [1.165, 1.54) is 6.20 Å². The molecule has 2 aromatic carbocycles. The number of hydrogen-bond donors (Lipinski definition) is 1. The average Bonchev–Trinajstić information content (AvgIpc) is 3.24. The standard InChI is InChI=1S/C22H20N2O4/c25-22(16-10-11-21(23-14-16)28-18-12-13-26-15-18)24-19-8-4-5-9-20(19)27-17-6-2-1-3-7-17/h1-11,14,18H,12-13,15H2,(H,24,25). The van der Waals surface area contributed by atoms with Gasteiger partial charge in [-0.3, -0.25) is 4.79 Å². The second-order valence-corrected chi connectivity index (χ2v) is 6.35. The smallest absolute Gasteiger partial charge is 0.257 e. The highest BCUT2D eigenvalue weighted by atomic mass is 16.5. The van der Waals surface area contributed by atoms with E-state index < -0.39 is 0 Å². The maximum Gasteiger partial charge on any atom is 0.257 e. The zero-order valence-corrected chi connectivity index (χ0v) is 15.2. The molecule has 0 radical (unpaired) electrons. The number of para-hydroxylation sites is 3. The van der Waals surface area contributed by atoms with Crippen molar-refractivity contribution in [3.63, 3.8) is 0 Å². The highest BCUT2D eigenvalue weighted by molar-refractivity contribution is 6.04. The Hall–Kier alpha value is -3.38. The van der Waals surface area contributed by atoms with Gasteiger partial charge in [-0.25, -0.2) is 4.98 Å². The normalized spacial score (nSPS) is 15.8. The van der Waals surface area contributed by atoms with Gasteiger partial charge in [-0.1, -0.05) is 30.3 Å². The summed E-state index contributed by atoms with van der Waals surface area (Å²) in [7, 11) is 0. The SMILES string of the molecule is O=C(Nc1ccccc1Oc1ccccc1)c1ccc(OC2CCOC2)nc1. The fourth-order valence-electron chi connectivity index (χ4n) is 2.83. The van der Waals surface area contributed by atoms with Crippen molar-refractivity contribution in [1.82, 2.24) is 4.98 Å². The van der Waals surface area contributed by atoms with E-state index >= 15 is 0 Å². The minimum atomic E-state index is -0.271. The third-order valence-corrected chi connectivity index (χ3v) is 4.28. The first kappa shape index (κ1) is 18.0. The quantitative estimate of drug-likeness (QED) is 0.695. The summed E-state index contributed by atoms with van der Waals surface area (Å²) in [5, 5.41) is 2.87. The molecule has 2 heterocycles. The van der Waals surface area contributed by atoms with Gasteiger partial charge in [0.15, 0.2) is 5.75 Å². The molecule has 0 spiro atoms. The van der Waals surface area contributed by atoms with E-state index in [2.05, 4.69) is 10.3 Å². The number of amides is 1. The number of benzene rings is 2. The molecule has 1 saturated heterocycles. The van der Waals surface area contributed by atoms with Crippen molar-refractivity contribution in [1.29, 1.82) is 0 Å². The van der Waals surface area contributed by atoms with Crippen LogP contribution in [0.5, 0.6) is 17.4 Å². The number of anilines is 1. The van der Waals surface area contributed by atoms with Crippen LogP contribution >= 0.6 is 0 Å². The van der Waals surface area contributed by atoms with E-state index in [1.807, 2.05) is 48.5 Å². The van der Waals surface area contributed by atoms with Crippen molar-refractivity contribution in [2.45, 2.75) is 12.5 Å². The number of rotatable bonds is 6. The van der Waals surface area contributed by atoms with Crippen molar-refractivity contribution >= 4 is 11.6 Å². The maximum atomic E-state index is 12.6. The Bertz CT molecular complexity index is 923. The molecule has 0 bridgehead atoms. The van der Waals surface area contributed by atoms with Crippen LogP contribution < -0.4 is 14.8 Å². The topological polar surface area (TPSA) is 69.7 Å². The van der Waals surface area contributed by atoms with Crippen molar-refractivity contribution in [2.24, 2.45) is 0 Å². The molecule has 0 aliphatic carbocycles. The largest absolute Gasteiger partial charge is 0.472 e. The Labute approximate surface area is 163 Å². The molecule has 1 aliphatic rings. The lowest BCUT2D eigenvalue weighted by Crippen LogP contribution is -2.17. The monoisotopic (exact) mass is 376 g/mol. The van der Waals surface area contributed by atoms with Crippen molar-refractivity contribution < 1.29 is 19.0 Å². The van der Waals surface area contributed by atoms with Gasteiger partial charge >= 0.3 is 0 Å². The van der Waals surface area contributed by atoms with Gasteiger partial charge in [0.25, 0.3) is 5.91 Å². The summed E-state index contributed by atoms with van der Waals surface area (Å²) in [5.41, 5.74) is 1.02. The first-order valence-electron chi connectivity index (χ1n) is 9.12. The Balaban J connectivity index is 1.43. The number of hydrogen-bond acceptors (Lipinski definition) is 5. The molecule has 1 fully saturated rings. The second-order valence-electron chi connectivity index (χ2n) is 6.35. The highest BCUT2D eigenvalue weighted by Gasteiger charge is 2.18. The first-order chi connectivity index (χ1) is 13.8. The lowest BCUT2D eigenvalue weighted by Gasteiger charge is -2.13. The summed E-state index contributed by atoms with van der Waals surface area (Å²) in [6.45, 7) is 1.28. The first-order valence-corrected chi connectivity index (χ1v) is 9.12. The van der Waals surface area contributed by atoms with Crippen LogP contribution in [0, 0.1) is 0 Å². The summed E-state index contributed by atoms with van der Waals surface area (Å²) < 4.78 is 16.9. The number of nitrogens with zero attached hydrogens (tertiary/aromatic N) is 1. The molecule has 142 valence electrons. The molecule has 4 rings (SSSR count). The van der Waals surface area contributed by atoms with Crippen LogP contribution in [0.25, 0.3) is 0 Å². The molecule has 1 atom stereocenters. The van der Waals surface area contributed by atoms with Gasteiger partial charge in [0.2, 0.25) is 5.88 Å². The summed E-state index contributed by atoms with van der Waals surface area (Å²) >= 11 is 0.